The number of anilines is 1. The summed E-state index contributed by atoms with van der Waals surface area (Å²) in [6, 6.07) is 11.8. The summed E-state index contributed by atoms with van der Waals surface area (Å²) in [4.78, 5) is 4.53. The molecule has 1 heterocycles. The third-order valence-electron chi connectivity index (χ3n) is 2.92. The molecule has 0 aliphatic heterocycles. The summed E-state index contributed by atoms with van der Waals surface area (Å²) in [5.41, 5.74) is 8.13. The second-order valence-corrected chi connectivity index (χ2v) is 6.56. The maximum absolute atomic E-state index is 11.5. The highest BCUT2D eigenvalue weighted by Gasteiger charge is 2.12. The molecule has 6 heteroatoms. The molecular weight excluding hydrogens is 276 g/mol. The highest BCUT2D eigenvalue weighted by atomic mass is 32.2. The van der Waals surface area contributed by atoms with Crippen LogP contribution in [0.5, 0.6) is 0 Å². The molecule has 3 aromatic rings. The number of hydrogen-bond acceptors (Lipinski definition) is 5. The summed E-state index contributed by atoms with van der Waals surface area (Å²) in [7, 11) is -3.26. The zero-order chi connectivity index (χ0) is 14.3. The SMILES string of the molecule is CS(=O)(=O)c1ccc2oc(-c3cccc(N)c3)nc2c1. The molecular formula is C14H12N2O3S. The van der Waals surface area contributed by atoms with Crippen LogP contribution in [0, 0.1) is 0 Å². The normalized spacial score (nSPS) is 11.8. The van der Waals surface area contributed by atoms with Gasteiger partial charge in [0, 0.05) is 17.5 Å². The summed E-state index contributed by atoms with van der Waals surface area (Å²) in [5.74, 6) is 0.415. The van der Waals surface area contributed by atoms with Crippen LogP contribution in [0.25, 0.3) is 22.6 Å². The number of sulfone groups is 1. The van der Waals surface area contributed by atoms with Crippen molar-refractivity contribution in [2.24, 2.45) is 0 Å². The lowest BCUT2D eigenvalue weighted by Crippen LogP contribution is -1.95. The van der Waals surface area contributed by atoms with Gasteiger partial charge < -0.3 is 10.2 Å². The number of nitrogens with two attached hydrogens (primary N) is 1. The smallest absolute Gasteiger partial charge is 0.227 e. The molecule has 0 bridgehead atoms. The number of nitrogens with zero attached hydrogens (tertiary/aromatic N) is 1. The van der Waals surface area contributed by atoms with Crippen LogP contribution < -0.4 is 5.73 Å². The van der Waals surface area contributed by atoms with Crippen molar-refractivity contribution >= 4 is 26.6 Å². The molecule has 102 valence electrons. The van der Waals surface area contributed by atoms with Gasteiger partial charge >= 0.3 is 0 Å². The van der Waals surface area contributed by atoms with E-state index < -0.39 is 9.84 Å². The Bertz CT molecular complexity index is 898. The van der Waals surface area contributed by atoms with Gasteiger partial charge in [-0.2, -0.15) is 0 Å². The molecule has 1 aromatic heterocycles. The van der Waals surface area contributed by atoms with Crippen LogP contribution in [0.3, 0.4) is 0 Å². The lowest BCUT2D eigenvalue weighted by Gasteiger charge is -1.95. The molecule has 0 aliphatic carbocycles. The van der Waals surface area contributed by atoms with E-state index in [1.807, 2.05) is 12.1 Å². The number of aromatic nitrogens is 1. The molecule has 5 nitrogen and oxygen atoms in total. The van der Waals surface area contributed by atoms with Crippen LogP contribution in [0.15, 0.2) is 51.8 Å². The first-order chi connectivity index (χ1) is 9.43. The van der Waals surface area contributed by atoms with Gasteiger partial charge in [-0.1, -0.05) is 6.07 Å². The van der Waals surface area contributed by atoms with Crippen LogP contribution >= 0.6 is 0 Å². The second kappa shape index (κ2) is 4.35. The zero-order valence-corrected chi connectivity index (χ0v) is 11.5. The van der Waals surface area contributed by atoms with E-state index in [4.69, 9.17) is 10.2 Å². The summed E-state index contributed by atoms with van der Waals surface area (Å²) in [6.07, 6.45) is 1.16. The van der Waals surface area contributed by atoms with E-state index in [1.54, 1.807) is 18.2 Å². The van der Waals surface area contributed by atoms with Gasteiger partial charge in [0.15, 0.2) is 15.4 Å². The standard InChI is InChI=1S/C14H12N2O3S/c1-20(17,18)11-5-6-13-12(8-11)16-14(19-13)9-3-2-4-10(15)7-9/h2-8H,15H2,1H3. The molecule has 0 amide bonds. The summed E-state index contributed by atoms with van der Waals surface area (Å²) in [5, 5.41) is 0. The molecule has 2 aromatic carbocycles. The number of hydrogen-bond donors (Lipinski definition) is 1. The number of fused-ring (bicyclic) bond motifs is 1. The van der Waals surface area contributed by atoms with Gasteiger partial charge in [-0.3, -0.25) is 0 Å². The van der Waals surface area contributed by atoms with E-state index >= 15 is 0 Å². The van der Waals surface area contributed by atoms with E-state index in [2.05, 4.69) is 4.98 Å². The quantitative estimate of drug-likeness (QED) is 0.732. The fraction of sp³-hybridized carbons (Fsp3) is 0.0714. The lowest BCUT2D eigenvalue weighted by molar-refractivity contribution is 0.602. The first-order valence-electron chi connectivity index (χ1n) is 5.90. The molecule has 0 radical (unpaired) electrons. The highest BCUT2D eigenvalue weighted by molar-refractivity contribution is 7.90. The zero-order valence-electron chi connectivity index (χ0n) is 10.7. The molecule has 3 rings (SSSR count). The molecule has 2 N–H and O–H groups in total. The molecule has 20 heavy (non-hydrogen) atoms. The predicted octanol–water partition coefficient (Wildman–Crippen LogP) is 2.48. The van der Waals surface area contributed by atoms with Crippen molar-refractivity contribution in [1.29, 1.82) is 0 Å². The van der Waals surface area contributed by atoms with Gasteiger partial charge in [-0.05, 0) is 36.4 Å². The minimum Gasteiger partial charge on any atom is -0.436 e. The van der Waals surface area contributed by atoms with Crippen LogP contribution in [-0.4, -0.2) is 19.7 Å². The Labute approximate surface area is 116 Å². The topological polar surface area (TPSA) is 86.2 Å². The van der Waals surface area contributed by atoms with E-state index in [9.17, 15) is 8.42 Å². The second-order valence-electron chi connectivity index (χ2n) is 4.55. The van der Waals surface area contributed by atoms with E-state index in [0.29, 0.717) is 22.7 Å². The number of oxazole rings is 1. The summed E-state index contributed by atoms with van der Waals surface area (Å²) >= 11 is 0. The van der Waals surface area contributed by atoms with Gasteiger partial charge in [-0.15, -0.1) is 0 Å². The van der Waals surface area contributed by atoms with Gasteiger partial charge in [-0.25, -0.2) is 13.4 Å². The number of rotatable bonds is 2. The summed E-state index contributed by atoms with van der Waals surface area (Å²) < 4.78 is 28.7. The third kappa shape index (κ3) is 2.25. The Morgan fingerprint density at radius 1 is 1.15 bits per heavy atom. The molecule has 0 spiro atoms. The average Bonchev–Trinajstić information content (AvgIpc) is 2.80. The van der Waals surface area contributed by atoms with Crippen molar-refractivity contribution in [2.45, 2.75) is 4.90 Å². The molecule has 0 saturated carbocycles. The maximum atomic E-state index is 11.5. The Balaban J connectivity index is 2.16. The highest BCUT2D eigenvalue weighted by Crippen LogP contribution is 2.26. The van der Waals surface area contributed by atoms with Crippen molar-refractivity contribution < 1.29 is 12.8 Å². The lowest BCUT2D eigenvalue weighted by atomic mass is 10.2. The largest absolute Gasteiger partial charge is 0.436 e. The predicted molar refractivity (Wildman–Crippen MR) is 77.0 cm³/mol. The third-order valence-corrected chi connectivity index (χ3v) is 4.03. The molecule has 0 fully saturated rings. The van der Waals surface area contributed by atoms with Crippen molar-refractivity contribution in [3.8, 4) is 11.5 Å². The fourth-order valence-electron chi connectivity index (χ4n) is 1.93. The Hall–Kier alpha value is -2.34. The van der Waals surface area contributed by atoms with Gasteiger partial charge in [0.25, 0.3) is 0 Å². The van der Waals surface area contributed by atoms with Crippen LogP contribution in [0.4, 0.5) is 5.69 Å². The molecule has 0 atom stereocenters. The Morgan fingerprint density at radius 3 is 2.65 bits per heavy atom. The first-order valence-corrected chi connectivity index (χ1v) is 7.79. The number of benzene rings is 2. The first kappa shape index (κ1) is 12.7. The van der Waals surface area contributed by atoms with E-state index in [-0.39, 0.29) is 4.90 Å². The van der Waals surface area contributed by atoms with Crippen molar-refractivity contribution in [2.75, 3.05) is 12.0 Å². The van der Waals surface area contributed by atoms with Gasteiger partial charge in [0.05, 0.1) is 4.90 Å². The van der Waals surface area contributed by atoms with Crippen molar-refractivity contribution in [3.05, 3.63) is 42.5 Å². The van der Waals surface area contributed by atoms with Crippen LogP contribution in [0.1, 0.15) is 0 Å². The van der Waals surface area contributed by atoms with Crippen molar-refractivity contribution in [3.63, 3.8) is 0 Å². The summed E-state index contributed by atoms with van der Waals surface area (Å²) in [6.45, 7) is 0. The Morgan fingerprint density at radius 2 is 1.95 bits per heavy atom. The minimum absolute atomic E-state index is 0.220. The maximum Gasteiger partial charge on any atom is 0.227 e. The molecule has 0 saturated heterocycles. The van der Waals surface area contributed by atoms with Gasteiger partial charge in [0.2, 0.25) is 5.89 Å². The molecule has 0 unspecified atom stereocenters. The van der Waals surface area contributed by atoms with Crippen molar-refractivity contribution in [1.82, 2.24) is 4.98 Å². The van der Waals surface area contributed by atoms with Gasteiger partial charge in [0.1, 0.15) is 5.52 Å². The van der Waals surface area contributed by atoms with E-state index in [1.165, 1.54) is 12.1 Å². The molecule has 0 aliphatic rings. The van der Waals surface area contributed by atoms with E-state index in [0.717, 1.165) is 11.8 Å². The monoisotopic (exact) mass is 288 g/mol. The Kier molecular flexibility index (Phi) is 2.76. The fourth-order valence-corrected chi connectivity index (χ4v) is 2.57. The number of nitrogen functional groups attached to an aromatic ring is 1. The van der Waals surface area contributed by atoms with Crippen LogP contribution in [-0.2, 0) is 9.84 Å². The van der Waals surface area contributed by atoms with Crippen LogP contribution in [0.2, 0.25) is 0 Å². The minimum atomic E-state index is -3.26. The average molecular weight is 288 g/mol.